The highest BCUT2D eigenvalue weighted by atomic mass is 32.2. The predicted molar refractivity (Wildman–Crippen MR) is 111 cm³/mol. The number of methoxy groups -OCH3 is 1. The van der Waals surface area contributed by atoms with Crippen LogP contribution in [0.2, 0.25) is 0 Å². The number of ether oxygens (including phenoxy) is 1. The zero-order valence-electron chi connectivity index (χ0n) is 16.0. The molecule has 1 saturated heterocycles. The van der Waals surface area contributed by atoms with Gasteiger partial charge in [0, 0.05) is 16.9 Å². The summed E-state index contributed by atoms with van der Waals surface area (Å²) in [6, 6.07) is 15.7. The fourth-order valence-electron chi connectivity index (χ4n) is 3.38. The van der Waals surface area contributed by atoms with E-state index in [1.807, 2.05) is 37.3 Å². The van der Waals surface area contributed by atoms with Gasteiger partial charge in [0.2, 0.25) is 10.0 Å². The average molecular weight is 420 g/mol. The number of aliphatic hydroxyl groups is 1. The van der Waals surface area contributed by atoms with Crippen LogP contribution in [0, 0.1) is 6.92 Å². The molecule has 0 saturated carbocycles. The van der Waals surface area contributed by atoms with Gasteiger partial charge in [-0.1, -0.05) is 54.2 Å². The molecular formula is C21H25NO4S2. The summed E-state index contributed by atoms with van der Waals surface area (Å²) in [5, 5.41) is 10.9. The number of hydrogen-bond acceptors (Lipinski definition) is 5. The van der Waals surface area contributed by atoms with E-state index >= 15 is 0 Å². The van der Waals surface area contributed by atoms with Gasteiger partial charge < -0.3 is 9.84 Å². The summed E-state index contributed by atoms with van der Waals surface area (Å²) >= 11 is 1.35. The number of benzene rings is 2. The Balaban J connectivity index is 1.87. The highest BCUT2D eigenvalue weighted by Gasteiger charge is 2.46. The van der Waals surface area contributed by atoms with Gasteiger partial charge in [-0.05, 0) is 44.0 Å². The number of hydrogen-bond donors (Lipinski definition) is 1. The van der Waals surface area contributed by atoms with Crippen molar-refractivity contribution in [3.05, 3.63) is 71.6 Å². The second-order valence-corrected chi connectivity index (χ2v) is 9.85. The van der Waals surface area contributed by atoms with Crippen molar-refractivity contribution in [1.82, 2.24) is 4.31 Å². The Morgan fingerprint density at radius 2 is 1.82 bits per heavy atom. The first-order chi connectivity index (χ1) is 13.3. The van der Waals surface area contributed by atoms with Crippen molar-refractivity contribution in [3.8, 4) is 0 Å². The van der Waals surface area contributed by atoms with Crippen molar-refractivity contribution in [1.29, 1.82) is 0 Å². The average Bonchev–Trinajstić information content (AvgIpc) is 3.13. The smallest absolute Gasteiger partial charge is 0.245 e. The zero-order chi connectivity index (χ0) is 20.3. The molecule has 0 bridgehead atoms. The number of nitrogens with zero attached hydrogens (tertiary/aromatic N) is 1. The van der Waals surface area contributed by atoms with Crippen LogP contribution < -0.4 is 0 Å². The van der Waals surface area contributed by atoms with Gasteiger partial charge in [0.25, 0.3) is 0 Å². The maximum atomic E-state index is 13.3. The van der Waals surface area contributed by atoms with E-state index in [0.29, 0.717) is 17.7 Å². The molecule has 0 amide bonds. The lowest BCUT2D eigenvalue weighted by molar-refractivity contribution is 0.0134. The molecule has 0 aromatic heterocycles. The molecule has 0 spiro atoms. The lowest BCUT2D eigenvalue weighted by Gasteiger charge is -2.31. The summed E-state index contributed by atoms with van der Waals surface area (Å²) in [6.45, 7) is 5.90. The van der Waals surface area contributed by atoms with E-state index in [1.54, 1.807) is 24.3 Å². The van der Waals surface area contributed by atoms with Gasteiger partial charge in [-0.2, -0.15) is 4.31 Å². The van der Waals surface area contributed by atoms with Crippen LogP contribution in [0.3, 0.4) is 0 Å². The second kappa shape index (κ2) is 8.80. The van der Waals surface area contributed by atoms with E-state index in [1.165, 1.54) is 23.2 Å². The number of thioether (sulfide) groups is 1. The Bertz CT molecular complexity index is 913. The zero-order valence-corrected chi connectivity index (χ0v) is 17.6. The molecule has 7 heteroatoms. The van der Waals surface area contributed by atoms with Crippen molar-refractivity contribution >= 4 is 21.8 Å². The molecule has 1 N–H and O–H groups in total. The van der Waals surface area contributed by atoms with Crippen LogP contribution >= 0.6 is 11.8 Å². The first kappa shape index (κ1) is 21.1. The summed E-state index contributed by atoms with van der Waals surface area (Å²) in [7, 11) is -2.33. The molecule has 150 valence electrons. The van der Waals surface area contributed by atoms with Crippen LogP contribution in [-0.2, 0) is 14.8 Å². The fraction of sp³-hybridized carbons (Fsp3) is 0.333. The summed E-state index contributed by atoms with van der Waals surface area (Å²) in [6.07, 6.45) is -0.600. The Labute approximate surface area is 171 Å². The van der Waals surface area contributed by atoms with Crippen molar-refractivity contribution in [2.45, 2.75) is 47.9 Å². The van der Waals surface area contributed by atoms with Gasteiger partial charge in [0.15, 0.2) is 0 Å². The molecule has 3 rings (SSSR count). The topological polar surface area (TPSA) is 66.8 Å². The molecule has 1 fully saturated rings. The lowest BCUT2D eigenvalue weighted by Crippen LogP contribution is -2.47. The molecule has 2 aromatic carbocycles. The quantitative estimate of drug-likeness (QED) is 0.692. The molecule has 0 radical (unpaired) electrons. The molecule has 1 aliphatic rings. The van der Waals surface area contributed by atoms with Crippen molar-refractivity contribution in [3.63, 3.8) is 0 Å². The molecule has 0 aliphatic carbocycles. The van der Waals surface area contributed by atoms with Crippen LogP contribution in [0.4, 0.5) is 0 Å². The molecule has 1 heterocycles. The Kier molecular flexibility index (Phi) is 6.62. The van der Waals surface area contributed by atoms with Gasteiger partial charge in [-0.15, -0.1) is 0 Å². The van der Waals surface area contributed by atoms with Crippen molar-refractivity contribution in [2.75, 3.05) is 7.11 Å². The maximum absolute atomic E-state index is 13.3. The first-order valence-corrected chi connectivity index (χ1v) is 11.3. The van der Waals surface area contributed by atoms with E-state index in [-0.39, 0.29) is 4.90 Å². The minimum absolute atomic E-state index is 0.195. The summed E-state index contributed by atoms with van der Waals surface area (Å²) in [4.78, 5) is 1.65. The summed E-state index contributed by atoms with van der Waals surface area (Å²) < 4.78 is 33.4. The predicted octanol–water partition coefficient (Wildman–Crippen LogP) is 3.79. The SMILES string of the molecule is C=C(Sc1ccccc1)C(O)C1CCC(OC)N1S(=O)(=O)c1ccc(C)cc1. The van der Waals surface area contributed by atoms with Gasteiger partial charge in [0.05, 0.1) is 10.9 Å². The molecule has 5 nitrogen and oxygen atoms in total. The number of aliphatic hydroxyl groups excluding tert-OH is 1. The normalized spacial score (nSPS) is 21.5. The third-order valence-electron chi connectivity index (χ3n) is 4.88. The number of sulfonamides is 1. The molecule has 28 heavy (non-hydrogen) atoms. The maximum Gasteiger partial charge on any atom is 0.245 e. The lowest BCUT2D eigenvalue weighted by atomic mass is 10.1. The minimum Gasteiger partial charge on any atom is -0.386 e. The highest BCUT2D eigenvalue weighted by molar-refractivity contribution is 8.03. The molecule has 2 aromatic rings. The van der Waals surface area contributed by atoms with E-state index in [2.05, 4.69) is 6.58 Å². The van der Waals surface area contributed by atoms with Crippen LogP contribution in [0.25, 0.3) is 0 Å². The van der Waals surface area contributed by atoms with Gasteiger partial charge in [-0.25, -0.2) is 8.42 Å². The molecular weight excluding hydrogens is 394 g/mol. The Morgan fingerprint density at radius 3 is 2.43 bits per heavy atom. The molecule has 3 unspecified atom stereocenters. The molecule has 3 atom stereocenters. The van der Waals surface area contributed by atoms with Crippen molar-refractivity contribution in [2.24, 2.45) is 0 Å². The number of rotatable bonds is 7. The van der Waals surface area contributed by atoms with E-state index in [4.69, 9.17) is 4.74 Å². The van der Waals surface area contributed by atoms with Crippen molar-refractivity contribution < 1.29 is 18.3 Å². The first-order valence-electron chi connectivity index (χ1n) is 9.07. The summed E-state index contributed by atoms with van der Waals surface area (Å²) in [5.41, 5.74) is 0.980. The molecule has 1 aliphatic heterocycles. The van der Waals surface area contributed by atoms with Gasteiger partial charge in [-0.3, -0.25) is 0 Å². The van der Waals surface area contributed by atoms with E-state index < -0.39 is 28.4 Å². The summed E-state index contributed by atoms with van der Waals surface area (Å²) in [5.74, 6) is 0. The van der Waals surface area contributed by atoms with Gasteiger partial charge >= 0.3 is 0 Å². The van der Waals surface area contributed by atoms with Crippen LogP contribution in [-0.4, -0.2) is 43.3 Å². The Hall–Kier alpha value is -1.64. The number of aryl methyl sites for hydroxylation is 1. The van der Waals surface area contributed by atoms with E-state index in [9.17, 15) is 13.5 Å². The highest BCUT2D eigenvalue weighted by Crippen LogP contribution is 2.38. The monoisotopic (exact) mass is 419 g/mol. The van der Waals surface area contributed by atoms with Crippen LogP contribution in [0.1, 0.15) is 18.4 Å². The van der Waals surface area contributed by atoms with E-state index in [0.717, 1.165) is 10.5 Å². The third kappa shape index (κ3) is 4.34. The Morgan fingerprint density at radius 1 is 1.18 bits per heavy atom. The second-order valence-electron chi connectivity index (χ2n) is 6.81. The van der Waals surface area contributed by atoms with Crippen LogP contribution in [0.15, 0.2) is 75.9 Å². The van der Waals surface area contributed by atoms with Crippen LogP contribution in [0.5, 0.6) is 0 Å². The van der Waals surface area contributed by atoms with Gasteiger partial charge in [0.1, 0.15) is 12.3 Å². The largest absolute Gasteiger partial charge is 0.386 e. The fourth-order valence-corrected chi connectivity index (χ4v) is 6.06. The third-order valence-corrected chi connectivity index (χ3v) is 7.82. The minimum atomic E-state index is -3.82. The standard InChI is InChI=1S/C21H25NO4S2/c1-15-9-11-18(12-10-15)28(24,25)22-19(13-14-20(22)26-3)21(23)16(2)27-17-7-5-4-6-8-17/h4-12,19-21,23H,2,13-14H2,1,3H3.